The van der Waals surface area contributed by atoms with Crippen molar-refractivity contribution in [3.05, 3.63) is 59.9 Å². The van der Waals surface area contributed by atoms with Gasteiger partial charge in [0.1, 0.15) is 5.82 Å². The summed E-state index contributed by atoms with van der Waals surface area (Å²) in [6.45, 7) is 4.32. The number of halogens is 1. The molecule has 0 unspecified atom stereocenters. The van der Waals surface area contributed by atoms with E-state index in [0.29, 0.717) is 5.69 Å². The standard InChI is InChI=1S/C23H28FN3O/c24-22-9-5-4-8-21(22)23(28)25-18-10-12-20(13-11-18)27-16-14-26(15-17-27)19-6-2-1-3-7-19/h4-5,8-13,19H,1-3,6-7,14-17H2,(H,25,28). The second-order valence-corrected chi connectivity index (χ2v) is 7.80. The highest BCUT2D eigenvalue weighted by Gasteiger charge is 2.25. The van der Waals surface area contributed by atoms with Crippen molar-refractivity contribution >= 4 is 17.3 Å². The molecule has 0 aromatic heterocycles. The zero-order chi connectivity index (χ0) is 19.3. The molecule has 2 aromatic rings. The maximum absolute atomic E-state index is 13.7. The largest absolute Gasteiger partial charge is 0.369 e. The summed E-state index contributed by atoms with van der Waals surface area (Å²) in [4.78, 5) is 17.3. The number of rotatable bonds is 4. The lowest BCUT2D eigenvalue weighted by molar-refractivity contribution is 0.102. The van der Waals surface area contributed by atoms with Crippen LogP contribution in [0.3, 0.4) is 0 Å². The van der Waals surface area contributed by atoms with Crippen molar-refractivity contribution in [1.29, 1.82) is 0 Å². The Kier molecular flexibility index (Phi) is 5.91. The van der Waals surface area contributed by atoms with Crippen molar-refractivity contribution in [2.45, 2.75) is 38.1 Å². The van der Waals surface area contributed by atoms with Crippen LogP contribution in [0.15, 0.2) is 48.5 Å². The van der Waals surface area contributed by atoms with E-state index < -0.39 is 11.7 Å². The molecule has 1 saturated heterocycles. The quantitative estimate of drug-likeness (QED) is 0.845. The van der Waals surface area contributed by atoms with Crippen molar-refractivity contribution < 1.29 is 9.18 Å². The molecule has 0 atom stereocenters. The fraction of sp³-hybridized carbons (Fsp3) is 0.435. The van der Waals surface area contributed by atoms with Crippen LogP contribution in [0, 0.1) is 5.82 Å². The Morgan fingerprint density at radius 1 is 0.893 bits per heavy atom. The molecular weight excluding hydrogens is 353 g/mol. The minimum Gasteiger partial charge on any atom is -0.369 e. The lowest BCUT2D eigenvalue weighted by atomic mass is 9.94. The zero-order valence-electron chi connectivity index (χ0n) is 16.2. The van der Waals surface area contributed by atoms with E-state index in [1.54, 1.807) is 12.1 Å². The van der Waals surface area contributed by atoms with Crippen molar-refractivity contribution in [2.75, 3.05) is 36.4 Å². The molecule has 5 heteroatoms. The second kappa shape index (κ2) is 8.74. The number of carbonyl (C=O) groups excluding carboxylic acids is 1. The van der Waals surface area contributed by atoms with Gasteiger partial charge in [0.2, 0.25) is 0 Å². The number of piperazine rings is 1. The van der Waals surface area contributed by atoms with Gasteiger partial charge >= 0.3 is 0 Å². The Morgan fingerprint density at radius 2 is 1.57 bits per heavy atom. The lowest BCUT2D eigenvalue weighted by Crippen LogP contribution is -2.50. The molecule has 0 spiro atoms. The van der Waals surface area contributed by atoms with E-state index in [1.165, 1.54) is 49.9 Å². The van der Waals surface area contributed by atoms with Gasteiger partial charge in [-0.2, -0.15) is 0 Å². The molecule has 28 heavy (non-hydrogen) atoms. The van der Waals surface area contributed by atoms with Crippen molar-refractivity contribution in [3.63, 3.8) is 0 Å². The number of hydrogen-bond donors (Lipinski definition) is 1. The Hall–Kier alpha value is -2.40. The molecule has 1 saturated carbocycles. The van der Waals surface area contributed by atoms with Crippen molar-refractivity contribution in [3.8, 4) is 0 Å². The van der Waals surface area contributed by atoms with Gasteiger partial charge in [-0.15, -0.1) is 0 Å². The fourth-order valence-electron chi connectivity index (χ4n) is 4.39. The average molecular weight is 381 g/mol. The van der Waals surface area contributed by atoms with Crippen LogP contribution in [0.25, 0.3) is 0 Å². The first kappa shape index (κ1) is 18.9. The molecular formula is C23H28FN3O. The van der Waals surface area contributed by atoms with Crippen LogP contribution in [0.4, 0.5) is 15.8 Å². The summed E-state index contributed by atoms with van der Waals surface area (Å²) >= 11 is 0. The van der Waals surface area contributed by atoms with Gasteiger partial charge in [0.15, 0.2) is 0 Å². The summed E-state index contributed by atoms with van der Waals surface area (Å²) < 4.78 is 13.7. The fourth-order valence-corrected chi connectivity index (χ4v) is 4.39. The maximum atomic E-state index is 13.7. The Labute approximate surface area is 166 Å². The highest BCUT2D eigenvalue weighted by atomic mass is 19.1. The summed E-state index contributed by atoms with van der Waals surface area (Å²) in [5, 5.41) is 2.77. The normalized spacial score (nSPS) is 18.8. The minimum atomic E-state index is -0.507. The number of benzene rings is 2. The molecule has 1 aliphatic heterocycles. The third-order valence-corrected chi connectivity index (χ3v) is 6.01. The third-order valence-electron chi connectivity index (χ3n) is 6.01. The SMILES string of the molecule is O=C(Nc1ccc(N2CCN(C3CCCCC3)CC2)cc1)c1ccccc1F. The van der Waals surface area contributed by atoms with E-state index in [2.05, 4.69) is 15.1 Å². The van der Waals surface area contributed by atoms with E-state index in [0.717, 1.165) is 32.2 Å². The van der Waals surface area contributed by atoms with E-state index in [-0.39, 0.29) is 5.56 Å². The highest BCUT2D eigenvalue weighted by Crippen LogP contribution is 2.25. The van der Waals surface area contributed by atoms with E-state index in [1.807, 2.05) is 24.3 Å². The van der Waals surface area contributed by atoms with Crippen LogP contribution in [-0.2, 0) is 0 Å². The smallest absolute Gasteiger partial charge is 0.258 e. The lowest BCUT2D eigenvalue weighted by Gasteiger charge is -2.41. The molecule has 2 fully saturated rings. The molecule has 2 aromatic carbocycles. The summed E-state index contributed by atoms with van der Waals surface area (Å²) in [6, 6.07) is 14.7. The van der Waals surface area contributed by atoms with E-state index in [9.17, 15) is 9.18 Å². The molecule has 4 nitrogen and oxygen atoms in total. The number of hydrogen-bond acceptors (Lipinski definition) is 3. The van der Waals surface area contributed by atoms with Crippen LogP contribution in [-0.4, -0.2) is 43.0 Å². The molecule has 1 heterocycles. The molecule has 1 amide bonds. The van der Waals surface area contributed by atoms with Gasteiger partial charge in [-0.3, -0.25) is 9.69 Å². The van der Waals surface area contributed by atoms with Gasteiger partial charge in [0.05, 0.1) is 5.56 Å². The highest BCUT2D eigenvalue weighted by molar-refractivity contribution is 6.04. The van der Waals surface area contributed by atoms with Gasteiger partial charge in [0, 0.05) is 43.6 Å². The van der Waals surface area contributed by atoms with Gasteiger partial charge in [0.25, 0.3) is 5.91 Å². The molecule has 1 aliphatic carbocycles. The summed E-state index contributed by atoms with van der Waals surface area (Å²) in [7, 11) is 0. The van der Waals surface area contributed by atoms with Gasteiger partial charge < -0.3 is 10.2 Å². The summed E-state index contributed by atoms with van der Waals surface area (Å²) in [5.74, 6) is -0.931. The first-order valence-corrected chi connectivity index (χ1v) is 10.4. The predicted molar refractivity (Wildman–Crippen MR) is 111 cm³/mol. The molecule has 4 rings (SSSR count). The topological polar surface area (TPSA) is 35.6 Å². The van der Waals surface area contributed by atoms with Gasteiger partial charge in [-0.1, -0.05) is 31.4 Å². The van der Waals surface area contributed by atoms with Crippen LogP contribution >= 0.6 is 0 Å². The number of amides is 1. The van der Waals surface area contributed by atoms with E-state index >= 15 is 0 Å². The van der Waals surface area contributed by atoms with Crippen LogP contribution in [0.2, 0.25) is 0 Å². The molecule has 1 N–H and O–H groups in total. The predicted octanol–water partition coefficient (Wildman–Crippen LogP) is 4.53. The Balaban J connectivity index is 1.32. The molecule has 0 bridgehead atoms. The minimum absolute atomic E-state index is 0.0606. The Bertz CT molecular complexity index is 794. The number of nitrogens with zero attached hydrogens (tertiary/aromatic N) is 2. The monoisotopic (exact) mass is 381 g/mol. The maximum Gasteiger partial charge on any atom is 0.258 e. The molecule has 148 valence electrons. The van der Waals surface area contributed by atoms with Crippen LogP contribution in [0.5, 0.6) is 0 Å². The average Bonchev–Trinajstić information content (AvgIpc) is 2.75. The zero-order valence-corrected chi connectivity index (χ0v) is 16.2. The Morgan fingerprint density at radius 3 is 2.25 bits per heavy atom. The third kappa shape index (κ3) is 4.36. The summed E-state index contributed by atoms with van der Waals surface area (Å²) in [5.41, 5.74) is 1.91. The number of carbonyl (C=O) groups is 1. The summed E-state index contributed by atoms with van der Waals surface area (Å²) in [6.07, 6.45) is 6.87. The van der Waals surface area contributed by atoms with Crippen LogP contribution in [0.1, 0.15) is 42.5 Å². The van der Waals surface area contributed by atoms with Crippen molar-refractivity contribution in [2.24, 2.45) is 0 Å². The van der Waals surface area contributed by atoms with E-state index in [4.69, 9.17) is 0 Å². The first-order chi connectivity index (χ1) is 13.7. The van der Waals surface area contributed by atoms with Gasteiger partial charge in [-0.05, 0) is 49.2 Å². The number of nitrogens with one attached hydrogen (secondary N) is 1. The molecule has 2 aliphatic rings. The first-order valence-electron chi connectivity index (χ1n) is 10.4. The second-order valence-electron chi connectivity index (χ2n) is 7.80. The molecule has 0 radical (unpaired) electrons. The van der Waals surface area contributed by atoms with Crippen LogP contribution < -0.4 is 10.2 Å². The number of anilines is 2. The van der Waals surface area contributed by atoms with Crippen molar-refractivity contribution in [1.82, 2.24) is 4.90 Å². The van der Waals surface area contributed by atoms with Gasteiger partial charge in [-0.25, -0.2) is 4.39 Å².